The van der Waals surface area contributed by atoms with E-state index in [1.165, 1.54) is 11.4 Å². The molecule has 0 aliphatic rings. The van der Waals surface area contributed by atoms with Gasteiger partial charge < -0.3 is 4.74 Å². The number of rotatable bonds is 6. The van der Waals surface area contributed by atoms with Crippen LogP contribution in [0.1, 0.15) is 12.0 Å². The summed E-state index contributed by atoms with van der Waals surface area (Å²) in [6, 6.07) is 9.24. The molecule has 0 unspecified atom stereocenters. The number of carbonyl (C=O) groups excluding carboxylic acids is 1. The van der Waals surface area contributed by atoms with E-state index in [4.69, 9.17) is 0 Å². The molecule has 18 heavy (non-hydrogen) atoms. The van der Waals surface area contributed by atoms with Gasteiger partial charge in [0, 0.05) is 13.1 Å². The van der Waals surface area contributed by atoms with Gasteiger partial charge in [-0.3, -0.25) is 4.79 Å². The van der Waals surface area contributed by atoms with E-state index >= 15 is 0 Å². The third-order valence-corrected chi connectivity index (χ3v) is 3.71. The Morgan fingerprint density at radius 3 is 2.39 bits per heavy atom. The quantitative estimate of drug-likeness (QED) is 0.724. The molecule has 5 nitrogen and oxygen atoms in total. The first-order valence-corrected chi connectivity index (χ1v) is 7.34. The normalized spacial score (nSPS) is 11.5. The molecule has 0 aromatic heterocycles. The highest BCUT2D eigenvalue weighted by molar-refractivity contribution is 7.88. The van der Waals surface area contributed by atoms with Gasteiger partial charge in [0.1, 0.15) is 0 Å². The predicted octanol–water partition coefficient (Wildman–Crippen LogP) is 1.01. The van der Waals surface area contributed by atoms with Crippen molar-refractivity contribution in [3.05, 3.63) is 35.9 Å². The molecule has 0 saturated heterocycles. The Kier molecular flexibility index (Phi) is 5.30. The molecular formula is C12H17NO4S. The number of methoxy groups -OCH3 is 1. The van der Waals surface area contributed by atoms with Crippen LogP contribution >= 0.6 is 0 Å². The van der Waals surface area contributed by atoms with Crippen LogP contribution in [-0.4, -0.2) is 38.6 Å². The molecule has 6 heteroatoms. The summed E-state index contributed by atoms with van der Waals surface area (Å²) >= 11 is 0. The fourth-order valence-corrected chi connectivity index (χ4v) is 2.27. The summed E-state index contributed by atoms with van der Waals surface area (Å²) < 4.78 is 29.0. The largest absolute Gasteiger partial charge is 0.469 e. The molecule has 1 rings (SSSR count). The van der Waals surface area contributed by atoms with Crippen molar-refractivity contribution in [1.82, 2.24) is 4.31 Å². The molecule has 0 aliphatic carbocycles. The highest BCUT2D eigenvalue weighted by Gasteiger charge is 2.18. The van der Waals surface area contributed by atoms with Gasteiger partial charge in [-0.25, -0.2) is 8.42 Å². The van der Waals surface area contributed by atoms with Crippen LogP contribution in [-0.2, 0) is 26.1 Å². The van der Waals surface area contributed by atoms with Crippen molar-refractivity contribution in [3.8, 4) is 0 Å². The molecule has 0 aliphatic heterocycles. The van der Waals surface area contributed by atoms with E-state index in [-0.39, 0.29) is 19.5 Å². The van der Waals surface area contributed by atoms with Crippen molar-refractivity contribution in [2.75, 3.05) is 19.9 Å². The SMILES string of the molecule is COC(=O)CCN(Cc1ccccc1)S(C)(=O)=O. The lowest BCUT2D eigenvalue weighted by atomic mass is 10.2. The third kappa shape index (κ3) is 4.85. The van der Waals surface area contributed by atoms with Crippen LogP contribution in [0.25, 0.3) is 0 Å². The van der Waals surface area contributed by atoms with Crippen molar-refractivity contribution in [1.29, 1.82) is 0 Å². The second-order valence-electron chi connectivity index (χ2n) is 3.91. The van der Waals surface area contributed by atoms with Crippen molar-refractivity contribution in [2.24, 2.45) is 0 Å². The smallest absolute Gasteiger partial charge is 0.306 e. The Morgan fingerprint density at radius 2 is 1.89 bits per heavy atom. The third-order valence-electron chi connectivity index (χ3n) is 2.46. The molecule has 0 saturated carbocycles. The van der Waals surface area contributed by atoms with Crippen LogP contribution in [0.5, 0.6) is 0 Å². The van der Waals surface area contributed by atoms with E-state index in [9.17, 15) is 13.2 Å². The molecule has 0 atom stereocenters. The molecule has 0 radical (unpaired) electrons. The average molecular weight is 271 g/mol. The van der Waals surface area contributed by atoms with E-state index < -0.39 is 16.0 Å². The summed E-state index contributed by atoms with van der Waals surface area (Å²) in [4.78, 5) is 11.1. The van der Waals surface area contributed by atoms with Gasteiger partial charge in [-0.05, 0) is 5.56 Å². The first kappa shape index (κ1) is 14.7. The number of hydrogen-bond acceptors (Lipinski definition) is 4. The zero-order valence-corrected chi connectivity index (χ0v) is 11.3. The maximum atomic E-state index is 11.6. The number of esters is 1. The Balaban J connectivity index is 2.71. The Bertz CT molecular complexity index is 484. The predicted molar refractivity (Wildman–Crippen MR) is 68.3 cm³/mol. The number of hydrogen-bond donors (Lipinski definition) is 0. The first-order chi connectivity index (χ1) is 8.43. The van der Waals surface area contributed by atoms with E-state index in [0.29, 0.717) is 0 Å². The molecule has 0 N–H and O–H groups in total. The Labute approximate surface area is 107 Å². The minimum absolute atomic E-state index is 0.0520. The van der Waals surface area contributed by atoms with Gasteiger partial charge in [0.15, 0.2) is 0 Å². The maximum Gasteiger partial charge on any atom is 0.306 e. The summed E-state index contributed by atoms with van der Waals surface area (Å²) in [5, 5.41) is 0. The van der Waals surface area contributed by atoms with Gasteiger partial charge in [-0.1, -0.05) is 30.3 Å². The number of benzene rings is 1. The molecule has 1 aromatic rings. The second kappa shape index (κ2) is 6.51. The lowest BCUT2D eigenvalue weighted by molar-refractivity contribution is -0.140. The van der Waals surface area contributed by atoms with Crippen LogP contribution in [0, 0.1) is 0 Å². The van der Waals surface area contributed by atoms with Crippen molar-refractivity contribution >= 4 is 16.0 Å². The number of sulfonamides is 1. The maximum absolute atomic E-state index is 11.6. The van der Waals surface area contributed by atoms with Crippen LogP contribution in [0.4, 0.5) is 0 Å². The molecule has 0 bridgehead atoms. The summed E-state index contributed by atoms with van der Waals surface area (Å²) in [5.74, 6) is -0.420. The van der Waals surface area contributed by atoms with Gasteiger partial charge in [0.2, 0.25) is 10.0 Å². The molecular weight excluding hydrogens is 254 g/mol. The fourth-order valence-electron chi connectivity index (χ4n) is 1.47. The molecule has 0 spiro atoms. The topological polar surface area (TPSA) is 63.7 Å². The lowest BCUT2D eigenvalue weighted by Gasteiger charge is -2.19. The summed E-state index contributed by atoms with van der Waals surface area (Å²) in [5.41, 5.74) is 0.882. The highest BCUT2D eigenvalue weighted by Crippen LogP contribution is 2.09. The van der Waals surface area contributed by atoms with Crippen LogP contribution in [0.15, 0.2) is 30.3 Å². The number of carbonyl (C=O) groups is 1. The number of nitrogens with zero attached hydrogens (tertiary/aromatic N) is 1. The first-order valence-electron chi connectivity index (χ1n) is 5.49. The molecule has 1 aromatic carbocycles. The Morgan fingerprint density at radius 1 is 1.28 bits per heavy atom. The fraction of sp³-hybridized carbons (Fsp3) is 0.417. The van der Waals surface area contributed by atoms with Gasteiger partial charge in [0.05, 0.1) is 19.8 Å². The minimum atomic E-state index is -3.34. The van der Waals surface area contributed by atoms with Crippen molar-refractivity contribution in [2.45, 2.75) is 13.0 Å². The van der Waals surface area contributed by atoms with Gasteiger partial charge in [-0.15, -0.1) is 0 Å². The van der Waals surface area contributed by atoms with E-state index in [1.807, 2.05) is 30.3 Å². The molecule has 0 amide bonds. The zero-order chi connectivity index (χ0) is 13.6. The van der Waals surface area contributed by atoms with Gasteiger partial charge in [0.25, 0.3) is 0 Å². The monoisotopic (exact) mass is 271 g/mol. The Hall–Kier alpha value is -1.40. The second-order valence-corrected chi connectivity index (χ2v) is 5.89. The van der Waals surface area contributed by atoms with Crippen LogP contribution < -0.4 is 0 Å². The molecule has 0 fully saturated rings. The summed E-state index contributed by atoms with van der Waals surface area (Å²) in [6.07, 6.45) is 1.18. The molecule has 100 valence electrons. The van der Waals surface area contributed by atoms with Gasteiger partial charge in [-0.2, -0.15) is 4.31 Å². The molecule has 0 heterocycles. The average Bonchev–Trinajstić information content (AvgIpc) is 2.33. The zero-order valence-electron chi connectivity index (χ0n) is 10.5. The number of ether oxygens (including phenoxy) is 1. The van der Waals surface area contributed by atoms with Crippen molar-refractivity contribution in [3.63, 3.8) is 0 Å². The highest BCUT2D eigenvalue weighted by atomic mass is 32.2. The standard InChI is InChI=1S/C12H17NO4S/c1-17-12(14)8-9-13(18(2,15)16)10-11-6-4-3-5-7-11/h3-7H,8-10H2,1-2H3. The van der Waals surface area contributed by atoms with Crippen LogP contribution in [0.2, 0.25) is 0 Å². The van der Waals surface area contributed by atoms with E-state index in [0.717, 1.165) is 11.8 Å². The van der Waals surface area contributed by atoms with Gasteiger partial charge >= 0.3 is 5.97 Å². The van der Waals surface area contributed by atoms with E-state index in [2.05, 4.69) is 4.74 Å². The van der Waals surface area contributed by atoms with Crippen molar-refractivity contribution < 1.29 is 17.9 Å². The van der Waals surface area contributed by atoms with Crippen LogP contribution in [0.3, 0.4) is 0 Å². The summed E-state index contributed by atoms with van der Waals surface area (Å²) in [7, 11) is -2.06. The van der Waals surface area contributed by atoms with E-state index in [1.54, 1.807) is 0 Å². The lowest BCUT2D eigenvalue weighted by Crippen LogP contribution is -2.31. The summed E-state index contributed by atoms with van der Waals surface area (Å²) in [6.45, 7) is 0.386. The minimum Gasteiger partial charge on any atom is -0.469 e.